The van der Waals surface area contributed by atoms with Crippen molar-refractivity contribution in [2.24, 2.45) is 0 Å². The number of unbranched alkanes of at least 4 members (excludes halogenated alkanes) is 3. The van der Waals surface area contributed by atoms with E-state index >= 15 is 0 Å². The molecule has 15 nitrogen and oxygen atoms in total. The molecule has 75 heavy (non-hydrogen) atoms. The summed E-state index contributed by atoms with van der Waals surface area (Å²) in [6, 6.07) is 32.7. The minimum Gasteiger partial charge on any atom is -0.497 e. The third-order valence-corrected chi connectivity index (χ3v) is 12.6. The zero-order chi connectivity index (χ0) is 54.5. The van der Waals surface area contributed by atoms with Crippen LogP contribution in [0.4, 0.5) is 5.69 Å². The number of carbonyl (C=O) groups is 4. The van der Waals surface area contributed by atoms with Gasteiger partial charge in [-0.1, -0.05) is 39.0 Å². The molecule has 0 unspecified atom stereocenters. The first-order valence-electron chi connectivity index (χ1n) is 25.1. The summed E-state index contributed by atoms with van der Waals surface area (Å²) in [5.74, 6) is 2.79. The van der Waals surface area contributed by atoms with Gasteiger partial charge in [0.15, 0.2) is 11.6 Å². The summed E-state index contributed by atoms with van der Waals surface area (Å²) >= 11 is 0. The van der Waals surface area contributed by atoms with Crippen molar-refractivity contribution in [3.63, 3.8) is 0 Å². The molecule has 404 valence electrons. The van der Waals surface area contributed by atoms with Crippen LogP contribution in [0, 0.1) is 0 Å². The summed E-state index contributed by atoms with van der Waals surface area (Å²) in [6.45, 7) is 13.2. The van der Waals surface area contributed by atoms with Gasteiger partial charge in [0.05, 0.1) is 70.7 Å². The molecule has 2 fully saturated rings. The van der Waals surface area contributed by atoms with E-state index in [2.05, 4.69) is 20.8 Å². The summed E-state index contributed by atoms with van der Waals surface area (Å²) in [4.78, 5) is 48.8. The fourth-order valence-corrected chi connectivity index (χ4v) is 8.43. The van der Waals surface area contributed by atoms with Gasteiger partial charge in [-0.05, 0) is 147 Å². The highest BCUT2D eigenvalue weighted by molar-refractivity contribution is 6.34. The van der Waals surface area contributed by atoms with Gasteiger partial charge in [-0.25, -0.2) is 4.90 Å². The number of hydrogen-bond acceptors (Lipinski definition) is 14. The monoisotopic (exact) mass is 1030 g/mol. The summed E-state index contributed by atoms with van der Waals surface area (Å²) < 4.78 is 53.5. The van der Waals surface area contributed by atoms with Gasteiger partial charge in [-0.3, -0.25) is 19.2 Å². The molecule has 0 saturated carbocycles. The second-order valence-electron chi connectivity index (χ2n) is 19.1. The zero-order valence-electron chi connectivity index (χ0n) is 45.4. The van der Waals surface area contributed by atoms with Crippen LogP contribution < -0.4 is 23.8 Å². The average molecular weight is 1030 g/mol. The topological polar surface area (TPSA) is 164 Å². The van der Waals surface area contributed by atoms with Gasteiger partial charge in [-0.2, -0.15) is 0 Å². The van der Waals surface area contributed by atoms with E-state index in [1.54, 1.807) is 104 Å². The van der Waals surface area contributed by atoms with Crippen molar-refractivity contribution in [3.8, 4) is 23.0 Å². The first-order chi connectivity index (χ1) is 36.1. The highest BCUT2D eigenvalue weighted by Gasteiger charge is 2.48. The Morgan fingerprint density at radius 1 is 0.547 bits per heavy atom. The van der Waals surface area contributed by atoms with Crippen molar-refractivity contribution in [1.82, 2.24) is 0 Å². The van der Waals surface area contributed by atoms with Crippen LogP contribution >= 0.6 is 0 Å². The van der Waals surface area contributed by atoms with E-state index in [4.69, 9.17) is 47.4 Å². The van der Waals surface area contributed by atoms with Crippen molar-refractivity contribution >= 4 is 29.1 Å². The van der Waals surface area contributed by atoms with Crippen LogP contribution in [0.5, 0.6) is 23.0 Å². The molecular formula is C60H75NO14. The lowest BCUT2D eigenvalue weighted by molar-refractivity contribution is -0.0267. The number of amides is 2. The highest BCUT2D eigenvalue weighted by atomic mass is 16.6. The summed E-state index contributed by atoms with van der Waals surface area (Å²) in [5.41, 5.74) is 5.68. The van der Waals surface area contributed by atoms with E-state index < -0.39 is 0 Å². The Hall–Kier alpha value is -6.46. The Balaban J connectivity index is 0.000000193. The fraction of sp³-hybridized carbons (Fsp3) is 0.433. The number of anilines is 1. The third kappa shape index (κ3) is 17.0. The van der Waals surface area contributed by atoms with Crippen LogP contribution in [0.1, 0.15) is 118 Å². The molecule has 0 bridgehead atoms. The summed E-state index contributed by atoms with van der Waals surface area (Å²) in [7, 11) is 9.99. The lowest BCUT2D eigenvalue weighted by Crippen LogP contribution is -2.32. The standard InChI is InChI=1S/C22H28O4.C18H15NO4.C12H18O2.C8H14O4/c1-18(23)20-9-13-22(14-10-20)26-16-6-4-3-5-15-25-21-11-7-19(8-12-21)17-24-2;1-11(20)13-4-6-14(7-5-13)19-17(21)15-8-3-12(10-23-2)9-16(15)18(19)22;1-12(2,3)10-8-9(13-4)6-7-11(10)14-5;1-9-5-3-11-8-6(10-2)4-12-7(5)8/h7-14H,3-6,15-17H2,1-2H3;3-9H,10H2,1-2H3;6-8H,1-5H3;5-8H,3-4H2,1-2H3/t;;;5-,6+,7-,8-/m...0/s1. The fourth-order valence-electron chi connectivity index (χ4n) is 8.43. The molecule has 4 atom stereocenters. The number of ether oxygens (including phenoxy) is 10. The van der Waals surface area contributed by atoms with E-state index in [1.807, 2.05) is 54.6 Å². The molecule has 15 heteroatoms. The number of nitrogens with zero attached hydrogens (tertiary/aromatic N) is 1. The molecule has 3 aliphatic heterocycles. The van der Waals surface area contributed by atoms with Crippen molar-refractivity contribution in [1.29, 1.82) is 0 Å². The van der Waals surface area contributed by atoms with Crippen molar-refractivity contribution in [2.45, 2.75) is 103 Å². The number of hydrogen-bond donors (Lipinski definition) is 0. The Labute approximate surface area is 442 Å². The van der Waals surface area contributed by atoms with Crippen molar-refractivity contribution < 1.29 is 66.5 Å². The minimum absolute atomic E-state index is 0.0666. The predicted octanol–water partition coefficient (Wildman–Crippen LogP) is 10.7. The van der Waals surface area contributed by atoms with Crippen molar-refractivity contribution in [2.75, 3.05) is 74.0 Å². The van der Waals surface area contributed by atoms with Gasteiger partial charge >= 0.3 is 0 Å². The summed E-state index contributed by atoms with van der Waals surface area (Å²) in [5, 5.41) is 0. The number of rotatable bonds is 20. The van der Waals surface area contributed by atoms with Crippen LogP contribution in [0.2, 0.25) is 0 Å². The number of carbonyl (C=O) groups excluding carboxylic acids is 4. The second kappa shape index (κ2) is 29.6. The number of Topliss-reactive ketones (excluding diaryl/α,β-unsaturated/α-hetero) is 2. The van der Waals surface area contributed by atoms with Gasteiger partial charge in [0, 0.05) is 45.1 Å². The van der Waals surface area contributed by atoms with Crippen LogP contribution in [-0.4, -0.2) is 117 Å². The molecule has 0 aromatic heterocycles. The Morgan fingerprint density at radius 2 is 1.01 bits per heavy atom. The molecule has 5 aromatic carbocycles. The van der Waals surface area contributed by atoms with Gasteiger partial charge in [0.2, 0.25) is 0 Å². The maximum absolute atomic E-state index is 12.6. The molecule has 3 heterocycles. The third-order valence-electron chi connectivity index (χ3n) is 12.6. The first-order valence-corrected chi connectivity index (χ1v) is 25.1. The number of ketones is 2. The van der Waals surface area contributed by atoms with Gasteiger partial charge in [-0.15, -0.1) is 0 Å². The van der Waals surface area contributed by atoms with Gasteiger partial charge in [0.25, 0.3) is 11.8 Å². The van der Waals surface area contributed by atoms with Crippen LogP contribution in [0.25, 0.3) is 0 Å². The second-order valence-corrected chi connectivity index (χ2v) is 19.1. The van der Waals surface area contributed by atoms with Gasteiger partial charge in [0.1, 0.15) is 47.4 Å². The molecule has 2 amide bonds. The predicted molar refractivity (Wildman–Crippen MR) is 287 cm³/mol. The molecular weight excluding hydrogens is 959 g/mol. The van der Waals surface area contributed by atoms with Crippen LogP contribution in [-0.2, 0) is 47.0 Å². The molecule has 0 aliphatic carbocycles. The molecule has 8 rings (SSSR count). The Kier molecular flexibility index (Phi) is 23.4. The van der Waals surface area contributed by atoms with E-state index in [-0.39, 0.29) is 53.2 Å². The maximum atomic E-state index is 12.6. The lowest BCUT2D eigenvalue weighted by Gasteiger charge is -2.22. The van der Waals surface area contributed by atoms with Crippen LogP contribution in [0.3, 0.4) is 0 Å². The number of imide groups is 1. The number of fused-ring (bicyclic) bond motifs is 2. The largest absolute Gasteiger partial charge is 0.497 e. The number of benzene rings is 5. The Bertz CT molecular complexity index is 2570. The molecule has 2 saturated heterocycles. The van der Waals surface area contributed by atoms with E-state index in [0.29, 0.717) is 61.0 Å². The highest BCUT2D eigenvalue weighted by Crippen LogP contribution is 2.34. The molecule has 3 aliphatic rings. The van der Waals surface area contributed by atoms with Gasteiger partial charge < -0.3 is 47.4 Å². The zero-order valence-corrected chi connectivity index (χ0v) is 45.4. The van der Waals surface area contributed by atoms with E-state index in [0.717, 1.165) is 71.3 Å². The minimum atomic E-state index is -0.362. The lowest BCUT2D eigenvalue weighted by atomic mass is 9.86. The van der Waals surface area contributed by atoms with Crippen LogP contribution in [0.15, 0.2) is 109 Å². The number of methoxy groups -OCH3 is 6. The SMILES string of the molecule is COCc1ccc(OCCCCCCOc2ccc(C(C)=O)cc2)cc1.COCc1ccc2c(c1)C(=O)N(c1ccc(C(C)=O)cc1)C2=O.CO[C@H]1CO[C@@H]2[C@H]1OC[C@H]2OC.COc1ccc(OC)c(C(C)(C)C)c1. The first kappa shape index (κ1) is 59.4. The smallest absolute Gasteiger partial charge is 0.266 e. The maximum Gasteiger partial charge on any atom is 0.266 e. The summed E-state index contributed by atoms with van der Waals surface area (Å²) in [6.07, 6.45) is 4.58. The van der Waals surface area contributed by atoms with Crippen molar-refractivity contribution in [3.05, 3.63) is 148 Å². The molecule has 0 spiro atoms. The van der Waals surface area contributed by atoms with E-state index in [9.17, 15) is 19.2 Å². The molecule has 5 aromatic rings. The Morgan fingerprint density at radius 3 is 1.48 bits per heavy atom. The quantitative estimate of drug-likeness (QED) is 0.0411. The molecule has 0 N–H and O–H groups in total. The van der Waals surface area contributed by atoms with E-state index in [1.165, 1.54) is 12.5 Å². The normalized spacial score (nSPS) is 17.3. The average Bonchev–Trinajstić information content (AvgIpc) is 4.10. The molecule has 0 radical (unpaired) electrons.